The molecule has 0 saturated carbocycles. The lowest BCUT2D eigenvalue weighted by atomic mass is 10.2. The summed E-state index contributed by atoms with van der Waals surface area (Å²) in [4.78, 5) is 0. The van der Waals surface area contributed by atoms with Gasteiger partial charge in [-0.3, -0.25) is 0 Å². The summed E-state index contributed by atoms with van der Waals surface area (Å²) < 4.78 is 3.69. The number of nitrogens with zero attached hydrogens (tertiary/aromatic N) is 4. The van der Waals surface area contributed by atoms with Crippen LogP contribution in [0.15, 0.2) is 27.1 Å². The molecule has 102 valence electrons. The molecule has 5 nitrogen and oxygen atoms in total. The Labute approximate surface area is 129 Å². The second-order valence-electron chi connectivity index (χ2n) is 4.22. The van der Waals surface area contributed by atoms with Crippen LogP contribution in [0, 0.1) is 0 Å². The van der Waals surface area contributed by atoms with Gasteiger partial charge in [0.1, 0.15) is 0 Å². The maximum atomic E-state index is 4.12. The van der Waals surface area contributed by atoms with Crippen molar-refractivity contribution in [1.82, 2.24) is 25.5 Å². The molecular formula is C12H15Br2N5. The Morgan fingerprint density at radius 1 is 1.37 bits per heavy atom. The van der Waals surface area contributed by atoms with E-state index in [1.807, 2.05) is 18.2 Å². The highest BCUT2D eigenvalue weighted by Gasteiger charge is 2.16. The monoisotopic (exact) mass is 387 g/mol. The van der Waals surface area contributed by atoms with Crippen molar-refractivity contribution in [2.24, 2.45) is 0 Å². The third-order valence-electron chi connectivity index (χ3n) is 2.72. The standard InChI is InChI=1S/C12H15Br2N5/c1-3-6-15-8(2)12-16-17-18-19(12)11-7-9(13)4-5-10(11)14/h4-5,7-8,15H,3,6H2,1-2H3. The van der Waals surface area contributed by atoms with E-state index < -0.39 is 0 Å². The highest BCUT2D eigenvalue weighted by atomic mass is 79.9. The third-order valence-corrected chi connectivity index (χ3v) is 3.88. The lowest BCUT2D eigenvalue weighted by molar-refractivity contribution is 0.531. The van der Waals surface area contributed by atoms with Crippen LogP contribution < -0.4 is 5.32 Å². The largest absolute Gasteiger partial charge is 0.307 e. The summed E-state index contributed by atoms with van der Waals surface area (Å²) >= 11 is 7.00. The van der Waals surface area contributed by atoms with E-state index in [1.54, 1.807) is 4.68 Å². The van der Waals surface area contributed by atoms with Gasteiger partial charge >= 0.3 is 0 Å². The highest BCUT2D eigenvalue weighted by molar-refractivity contribution is 9.11. The van der Waals surface area contributed by atoms with Crippen molar-refractivity contribution in [3.8, 4) is 5.69 Å². The maximum absolute atomic E-state index is 4.12. The van der Waals surface area contributed by atoms with Crippen LogP contribution in [0.3, 0.4) is 0 Å². The zero-order valence-corrected chi connectivity index (χ0v) is 13.9. The van der Waals surface area contributed by atoms with Gasteiger partial charge in [-0.25, -0.2) is 0 Å². The predicted octanol–water partition coefficient (Wildman–Crippen LogP) is 3.25. The first-order valence-corrected chi connectivity index (χ1v) is 7.69. The molecule has 0 amide bonds. The molecule has 2 rings (SSSR count). The van der Waals surface area contributed by atoms with Crippen molar-refractivity contribution in [2.75, 3.05) is 6.54 Å². The number of aromatic nitrogens is 4. The van der Waals surface area contributed by atoms with Gasteiger partial charge in [-0.15, -0.1) is 5.10 Å². The Morgan fingerprint density at radius 2 is 2.16 bits per heavy atom. The zero-order valence-electron chi connectivity index (χ0n) is 10.8. The summed E-state index contributed by atoms with van der Waals surface area (Å²) in [5.41, 5.74) is 0.916. The fourth-order valence-corrected chi connectivity index (χ4v) is 2.50. The Balaban J connectivity index is 2.35. The van der Waals surface area contributed by atoms with Crippen molar-refractivity contribution in [2.45, 2.75) is 26.3 Å². The van der Waals surface area contributed by atoms with Gasteiger partial charge in [0.15, 0.2) is 5.82 Å². The molecule has 1 aromatic carbocycles. The van der Waals surface area contributed by atoms with E-state index in [2.05, 4.69) is 66.5 Å². The van der Waals surface area contributed by atoms with Crippen LogP contribution in [0.5, 0.6) is 0 Å². The van der Waals surface area contributed by atoms with Crippen LogP contribution in [0.25, 0.3) is 5.69 Å². The molecule has 0 bridgehead atoms. The van der Waals surface area contributed by atoms with E-state index in [4.69, 9.17) is 0 Å². The smallest absolute Gasteiger partial charge is 0.173 e. The Hall–Kier alpha value is -0.790. The number of halogens is 2. The maximum Gasteiger partial charge on any atom is 0.173 e. The fourth-order valence-electron chi connectivity index (χ4n) is 1.74. The van der Waals surface area contributed by atoms with Gasteiger partial charge in [-0.05, 0) is 64.4 Å². The number of nitrogens with one attached hydrogen (secondary N) is 1. The molecule has 0 radical (unpaired) electrons. The van der Waals surface area contributed by atoms with Gasteiger partial charge in [0.05, 0.1) is 11.7 Å². The van der Waals surface area contributed by atoms with Gasteiger partial charge in [0.25, 0.3) is 0 Å². The van der Waals surface area contributed by atoms with Crippen LogP contribution in [0.4, 0.5) is 0 Å². The minimum Gasteiger partial charge on any atom is -0.307 e. The average Bonchev–Trinajstić information content (AvgIpc) is 2.88. The Kier molecular flexibility index (Phi) is 5.06. The molecule has 0 aliphatic carbocycles. The number of hydrogen-bond donors (Lipinski definition) is 1. The van der Waals surface area contributed by atoms with Crippen molar-refractivity contribution in [1.29, 1.82) is 0 Å². The van der Waals surface area contributed by atoms with Crippen LogP contribution in [-0.4, -0.2) is 26.8 Å². The topological polar surface area (TPSA) is 55.6 Å². The second kappa shape index (κ2) is 6.58. The van der Waals surface area contributed by atoms with Crippen LogP contribution in [0.2, 0.25) is 0 Å². The molecule has 1 unspecified atom stereocenters. The van der Waals surface area contributed by atoms with E-state index in [0.29, 0.717) is 0 Å². The summed E-state index contributed by atoms with van der Waals surface area (Å²) in [6.45, 7) is 5.13. The van der Waals surface area contributed by atoms with Gasteiger partial charge < -0.3 is 5.32 Å². The predicted molar refractivity (Wildman–Crippen MR) is 81.3 cm³/mol. The average molecular weight is 389 g/mol. The number of hydrogen-bond acceptors (Lipinski definition) is 4. The van der Waals surface area contributed by atoms with Gasteiger partial charge in [-0.1, -0.05) is 22.9 Å². The van der Waals surface area contributed by atoms with Crippen molar-refractivity contribution in [3.63, 3.8) is 0 Å². The molecule has 1 atom stereocenters. The summed E-state index contributed by atoms with van der Waals surface area (Å²) in [5.74, 6) is 0.798. The molecule has 0 saturated heterocycles. The molecule has 2 aromatic rings. The molecule has 1 N–H and O–H groups in total. The lowest BCUT2D eigenvalue weighted by Crippen LogP contribution is -2.22. The number of benzene rings is 1. The fraction of sp³-hybridized carbons (Fsp3) is 0.417. The third kappa shape index (κ3) is 3.40. The molecule has 0 spiro atoms. The first kappa shape index (κ1) is 14.6. The second-order valence-corrected chi connectivity index (χ2v) is 5.99. The van der Waals surface area contributed by atoms with Crippen LogP contribution >= 0.6 is 31.9 Å². The van der Waals surface area contributed by atoms with Gasteiger partial charge in [0.2, 0.25) is 0 Å². The van der Waals surface area contributed by atoms with Gasteiger partial charge in [0, 0.05) is 8.95 Å². The number of rotatable bonds is 5. The molecule has 0 fully saturated rings. The molecule has 0 aliphatic rings. The van der Waals surface area contributed by atoms with E-state index in [9.17, 15) is 0 Å². The number of tetrazole rings is 1. The van der Waals surface area contributed by atoms with E-state index in [0.717, 1.165) is 33.4 Å². The normalized spacial score (nSPS) is 12.6. The molecular weight excluding hydrogens is 374 g/mol. The Morgan fingerprint density at radius 3 is 2.89 bits per heavy atom. The van der Waals surface area contributed by atoms with Crippen molar-refractivity contribution in [3.05, 3.63) is 33.0 Å². The minimum absolute atomic E-state index is 0.0980. The SMILES string of the molecule is CCCNC(C)c1nnnn1-c1cc(Br)ccc1Br. The molecule has 0 aliphatic heterocycles. The van der Waals surface area contributed by atoms with Crippen LogP contribution in [-0.2, 0) is 0 Å². The Bertz CT molecular complexity index is 555. The summed E-state index contributed by atoms with van der Waals surface area (Å²) in [5, 5.41) is 15.4. The van der Waals surface area contributed by atoms with Crippen molar-refractivity contribution >= 4 is 31.9 Å². The summed E-state index contributed by atoms with van der Waals surface area (Å²) in [7, 11) is 0. The minimum atomic E-state index is 0.0980. The molecule has 1 aromatic heterocycles. The van der Waals surface area contributed by atoms with Crippen molar-refractivity contribution < 1.29 is 0 Å². The molecule has 7 heteroatoms. The van der Waals surface area contributed by atoms with E-state index in [-0.39, 0.29) is 6.04 Å². The lowest BCUT2D eigenvalue weighted by Gasteiger charge is -2.13. The highest BCUT2D eigenvalue weighted by Crippen LogP contribution is 2.26. The first-order chi connectivity index (χ1) is 9.13. The zero-order chi connectivity index (χ0) is 13.8. The molecule has 19 heavy (non-hydrogen) atoms. The summed E-state index contributed by atoms with van der Waals surface area (Å²) in [6, 6.07) is 6.02. The van der Waals surface area contributed by atoms with Gasteiger partial charge in [-0.2, -0.15) is 4.68 Å². The van der Waals surface area contributed by atoms with Crippen LogP contribution in [0.1, 0.15) is 32.1 Å². The van der Waals surface area contributed by atoms with E-state index >= 15 is 0 Å². The summed E-state index contributed by atoms with van der Waals surface area (Å²) in [6.07, 6.45) is 1.08. The molecule has 1 heterocycles. The quantitative estimate of drug-likeness (QED) is 0.854. The van der Waals surface area contributed by atoms with E-state index in [1.165, 1.54) is 0 Å². The first-order valence-electron chi connectivity index (χ1n) is 6.10.